The lowest BCUT2D eigenvalue weighted by Crippen LogP contribution is -1.98. The largest absolute Gasteiger partial charge is 0.292 e. The molecule has 0 amide bonds. The molecule has 0 saturated heterocycles. The van der Waals surface area contributed by atoms with Gasteiger partial charge in [-0.2, -0.15) is 0 Å². The Morgan fingerprint density at radius 3 is 2.18 bits per heavy atom. The Hall–Kier alpha value is -4.83. The van der Waals surface area contributed by atoms with Crippen molar-refractivity contribution in [3.63, 3.8) is 0 Å². The third kappa shape index (κ3) is 3.96. The predicted octanol–water partition coefficient (Wildman–Crippen LogP) is 8.58. The van der Waals surface area contributed by atoms with Crippen molar-refractivity contribution in [2.45, 2.75) is 26.7 Å². The first kappa shape index (κ1) is 23.3. The van der Waals surface area contributed by atoms with Crippen LogP contribution in [0.3, 0.4) is 0 Å². The van der Waals surface area contributed by atoms with Crippen molar-refractivity contribution in [2.24, 2.45) is 0 Å². The molecule has 0 aliphatic rings. The molecule has 3 heterocycles. The van der Waals surface area contributed by atoms with Crippen LogP contribution < -0.4 is 0 Å². The van der Waals surface area contributed by atoms with Gasteiger partial charge in [-0.05, 0) is 66.4 Å². The van der Waals surface area contributed by atoms with Gasteiger partial charge in [-0.3, -0.25) is 14.5 Å². The SMILES string of the molecule is CCc1ccc2ccc3c(-c4cccc(-c5nc6ccccc6n5-c5ccccc5)c4)cc(CC)nc3c2n1. The molecule has 39 heavy (non-hydrogen) atoms. The highest BCUT2D eigenvalue weighted by Gasteiger charge is 2.16. The van der Waals surface area contributed by atoms with Crippen LogP contribution in [0.5, 0.6) is 0 Å². The number of hydrogen-bond donors (Lipinski definition) is 0. The van der Waals surface area contributed by atoms with E-state index < -0.39 is 0 Å². The molecule has 0 fully saturated rings. The molecule has 0 saturated carbocycles. The number of fused-ring (bicyclic) bond motifs is 4. The fourth-order valence-electron chi connectivity index (χ4n) is 5.47. The van der Waals surface area contributed by atoms with Crippen molar-refractivity contribution in [2.75, 3.05) is 0 Å². The Morgan fingerprint density at radius 1 is 0.590 bits per heavy atom. The standard InChI is InChI=1S/C35H28N4/c1-3-26-19-17-23-18-20-29-30(22-27(4-2)37-34(29)33(23)36-26)24-11-10-12-25(21-24)35-38-31-15-8-9-16-32(31)39(35)28-13-6-5-7-14-28/h5-22H,3-4H2,1-2H3. The molecule has 7 rings (SSSR count). The quantitative estimate of drug-likeness (QED) is 0.221. The number of rotatable bonds is 5. The normalized spacial score (nSPS) is 11.5. The van der Waals surface area contributed by atoms with Crippen LogP contribution in [0.4, 0.5) is 0 Å². The maximum absolute atomic E-state index is 5.09. The van der Waals surface area contributed by atoms with E-state index in [1.807, 2.05) is 12.1 Å². The molecule has 0 bridgehead atoms. The lowest BCUT2D eigenvalue weighted by molar-refractivity contribution is 1.05. The molecule has 0 unspecified atom stereocenters. The molecular weight excluding hydrogens is 476 g/mol. The number of para-hydroxylation sites is 3. The number of aryl methyl sites for hydroxylation is 2. The Balaban J connectivity index is 1.47. The van der Waals surface area contributed by atoms with Crippen molar-refractivity contribution in [1.29, 1.82) is 0 Å². The van der Waals surface area contributed by atoms with E-state index in [-0.39, 0.29) is 0 Å². The van der Waals surface area contributed by atoms with Gasteiger partial charge < -0.3 is 0 Å². The van der Waals surface area contributed by atoms with E-state index in [9.17, 15) is 0 Å². The van der Waals surface area contributed by atoms with Crippen molar-refractivity contribution in [3.8, 4) is 28.2 Å². The molecule has 0 aliphatic carbocycles. The molecule has 0 spiro atoms. The average molecular weight is 505 g/mol. The van der Waals surface area contributed by atoms with Gasteiger partial charge >= 0.3 is 0 Å². The molecule has 0 atom stereocenters. The van der Waals surface area contributed by atoms with E-state index in [2.05, 4.69) is 115 Å². The number of benzene rings is 4. The summed E-state index contributed by atoms with van der Waals surface area (Å²) in [6.07, 6.45) is 1.76. The first-order valence-electron chi connectivity index (χ1n) is 13.6. The summed E-state index contributed by atoms with van der Waals surface area (Å²) in [5.74, 6) is 0.929. The van der Waals surface area contributed by atoms with E-state index >= 15 is 0 Å². The number of pyridine rings is 2. The Morgan fingerprint density at radius 2 is 1.33 bits per heavy atom. The van der Waals surface area contributed by atoms with Crippen LogP contribution in [0.2, 0.25) is 0 Å². The van der Waals surface area contributed by atoms with Gasteiger partial charge in [0.1, 0.15) is 5.82 Å². The first-order chi connectivity index (χ1) is 19.2. The Bertz CT molecular complexity index is 1990. The minimum absolute atomic E-state index is 0.857. The van der Waals surface area contributed by atoms with Crippen LogP contribution in [0, 0.1) is 0 Å². The Labute approximate surface area is 227 Å². The monoisotopic (exact) mass is 504 g/mol. The van der Waals surface area contributed by atoms with Crippen LogP contribution in [0.15, 0.2) is 109 Å². The second-order valence-corrected chi connectivity index (χ2v) is 9.88. The highest BCUT2D eigenvalue weighted by molar-refractivity contribution is 6.08. The van der Waals surface area contributed by atoms with E-state index in [1.54, 1.807) is 0 Å². The fraction of sp³-hybridized carbons (Fsp3) is 0.114. The van der Waals surface area contributed by atoms with Gasteiger partial charge in [-0.15, -0.1) is 0 Å². The summed E-state index contributed by atoms with van der Waals surface area (Å²) >= 11 is 0. The molecule has 4 aromatic carbocycles. The summed E-state index contributed by atoms with van der Waals surface area (Å²) < 4.78 is 2.25. The zero-order valence-corrected chi connectivity index (χ0v) is 22.1. The molecule has 3 aromatic heterocycles. The summed E-state index contributed by atoms with van der Waals surface area (Å²) in [4.78, 5) is 15.1. The van der Waals surface area contributed by atoms with E-state index in [0.717, 1.165) is 79.7 Å². The number of aromatic nitrogens is 4. The summed E-state index contributed by atoms with van der Waals surface area (Å²) in [6, 6.07) is 38.4. The molecule has 0 N–H and O–H groups in total. The van der Waals surface area contributed by atoms with Gasteiger partial charge in [0.2, 0.25) is 0 Å². The Kier molecular flexibility index (Phi) is 5.66. The van der Waals surface area contributed by atoms with Gasteiger partial charge in [0.25, 0.3) is 0 Å². The maximum atomic E-state index is 5.09. The molecule has 0 radical (unpaired) electrons. The third-order valence-corrected chi connectivity index (χ3v) is 7.48. The van der Waals surface area contributed by atoms with Gasteiger partial charge in [0, 0.05) is 33.4 Å². The minimum atomic E-state index is 0.857. The van der Waals surface area contributed by atoms with Gasteiger partial charge in [-0.25, -0.2) is 4.98 Å². The van der Waals surface area contributed by atoms with Crippen LogP contribution in [-0.2, 0) is 12.8 Å². The second kappa shape index (κ2) is 9.48. The highest BCUT2D eigenvalue weighted by Crippen LogP contribution is 2.36. The lowest BCUT2D eigenvalue weighted by Gasteiger charge is -2.13. The van der Waals surface area contributed by atoms with Crippen LogP contribution in [0.1, 0.15) is 25.2 Å². The molecule has 188 valence electrons. The van der Waals surface area contributed by atoms with Gasteiger partial charge in [0.05, 0.1) is 22.1 Å². The van der Waals surface area contributed by atoms with Crippen LogP contribution >= 0.6 is 0 Å². The van der Waals surface area contributed by atoms with E-state index in [0.29, 0.717) is 0 Å². The second-order valence-electron chi connectivity index (χ2n) is 9.88. The highest BCUT2D eigenvalue weighted by atomic mass is 15.1. The molecule has 0 aliphatic heterocycles. The van der Waals surface area contributed by atoms with Crippen molar-refractivity contribution >= 4 is 32.8 Å². The van der Waals surface area contributed by atoms with Crippen molar-refractivity contribution in [3.05, 3.63) is 121 Å². The summed E-state index contributed by atoms with van der Waals surface area (Å²) in [7, 11) is 0. The maximum Gasteiger partial charge on any atom is 0.145 e. The molecule has 7 aromatic rings. The lowest BCUT2D eigenvalue weighted by atomic mass is 9.96. The average Bonchev–Trinajstić information content (AvgIpc) is 3.40. The third-order valence-electron chi connectivity index (χ3n) is 7.48. The number of nitrogens with zero attached hydrogens (tertiary/aromatic N) is 4. The van der Waals surface area contributed by atoms with E-state index in [4.69, 9.17) is 15.0 Å². The molecular formula is C35H28N4. The zero-order chi connectivity index (χ0) is 26.3. The van der Waals surface area contributed by atoms with Crippen molar-refractivity contribution in [1.82, 2.24) is 19.5 Å². The predicted molar refractivity (Wildman–Crippen MR) is 161 cm³/mol. The van der Waals surface area contributed by atoms with Crippen LogP contribution in [0.25, 0.3) is 61.0 Å². The zero-order valence-electron chi connectivity index (χ0n) is 22.1. The molecule has 4 heteroatoms. The van der Waals surface area contributed by atoms with Crippen molar-refractivity contribution < 1.29 is 0 Å². The summed E-state index contributed by atoms with van der Waals surface area (Å²) in [5, 5.41) is 2.24. The minimum Gasteiger partial charge on any atom is -0.292 e. The topological polar surface area (TPSA) is 43.6 Å². The smallest absolute Gasteiger partial charge is 0.145 e. The summed E-state index contributed by atoms with van der Waals surface area (Å²) in [6.45, 7) is 4.30. The summed E-state index contributed by atoms with van der Waals surface area (Å²) in [5.41, 5.74) is 10.7. The first-order valence-corrected chi connectivity index (χ1v) is 13.6. The van der Waals surface area contributed by atoms with Gasteiger partial charge in [-0.1, -0.05) is 80.6 Å². The van der Waals surface area contributed by atoms with Gasteiger partial charge in [0.15, 0.2) is 0 Å². The fourth-order valence-corrected chi connectivity index (χ4v) is 5.47. The van der Waals surface area contributed by atoms with Crippen LogP contribution in [-0.4, -0.2) is 19.5 Å². The number of hydrogen-bond acceptors (Lipinski definition) is 3. The van der Waals surface area contributed by atoms with E-state index in [1.165, 1.54) is 5.56 Å². The number of imidazole rings is 1. The molecule has 4 nitrogen and oxygen atoms in total.